The van der Waals surface area contributed by atoms with E-state index < -0.39 is 16.1 Å². The first-order valence-corrected chi connectivity index (χ1v) is 15.0. The predicted octanol–water partition coefficient (Wildman–Crippen LogP) is 4.68. The van der Waals surface area contributed by atoms with Gasteiger partial charge in [0.1, 0.15) is 6.04 Å². The van der Waals surface area contributed by atoms with E-state index in [4.69, 9.17) is 0 Å². The Labute approximate surface area is 223 Å². The lowest BCUT2D eigenvalue weighted by molar-refractivity contribution is -0.141. The maximum Gasteiger partial charge on any atom is 0.242 e. The lowest BCUT2D eigenvalue weighted by atomic mass is 10.1. The van der Waals surface area contributed by atoms with Crippen molar-refractivity contribution in [3.63, 3.8) is 0 Å². The molecule has 0 unspecified atom stereocenters. The van der Waals surface area contributed by atoms with Gasteiger partial charge in [0, 0.05) is 26.1 Å². The maximum atomic E-state index is 13.5. The third kappa shape index (κ3) is 9.50. The van der Waals surface area contributed by atoms with Gasteiger partial charge in [-0.3, -0.25) is 13.9 Å². The zero-order chi connectivity index (χ0) is 27.6. The molecule has 2 rings (SSSR count). The molecule has 0 fully saturated rings. The normalized spacial score (nSPS) is 12.3. The van der Waals surface area contributed by atoms with Crippen LogP contribution in [0.4, 0.5) is 5.69 Å². The van der Waals surface area contributed by atoms with Gasteiger partial charge in [-0.05, 0) is 55.4 Å². The van der Waals surface area contributed by atoms with E-state index >= 15 is 0 Å². The lowest BCUT2D eigenvalue weighted by Crippen LogP contribution is -2.49. The van der Waals surface area contributed by atoms with Crippen LogP contribution in [0.25, 0.3) is 0 Å². The number of nitrogens with zero attached hydrogens (tertiary/aromatic N) is 2. The van der Waals surface area contributed by atoms with Crippen LogP contribution in [0, 0.1) is 12.8 Å². The molecule has 2 aromatic carbocycles. The standard InChI is InChI=1S/C29H43N3O4S/c1-7-24-14-16-26(17-15-24)32(37(6,35)36)18-10-13-28(33)31(21-25-12-9-11-23(5)19-25)27(8-2)29(34)30-20-22(3)4/h9,11-12,14-17,19,22,27H,7-8,10,13,18,20-21H2,1-6H3,(H,30,34)/t27-/m1/s1. The first-order valence-electron chi connectivity index (χ1n) is 13.2. The van der Waals surface area contributed by atoms with Crippen LogP contribution in [0.5, 0.6) is 0 Å². The Balaban J connectivity index is 2.20. The summed E-state index contributed by atoms with van der Waals surface area (Å²) < 4.78 is 26.4. The topological polar surface area (TPSA) is 86.8 Å². The molecule has 0 radical (unpaired) electrons. The van der Waals surface area contributed by atoms with Crippen molar-refractivity contribution in [3.05, 3.63) is 65.2 Å². The summed E-state index contributed by atoms with van der Waals surface area (Å²) >= 11 is 0. The highest BCUT2D eigenvalue weighted by atomic mass is 32.2. The van der Waals surface area contributed by atoms with Gasteiger partial charge in [-0.1, -0.05) is 69.7 Å². The highest BCUT2D eigenvalue weighted by Gasteiger charge is 2.29. The number of hydrogen-bond acceptors (Lipinski definition) is 4. The first-order chi connectivity index (χ1) is 17.5. The van der Waals surface area contributed by atoms with Crippen LogP contribution in [0.15, 0.2) is 48.5 Å². The highest BCUT2D eigenvalue weighted by molar-refractivity contribution is 7.92. The van der Waals surface area contributed by atoms with Crippen molar-refractivity contribution < 1.29 is 18.0 Å². The fraction of sp³-hybridized carbons (Fsp3) is 0.517. The van der Waals surface area contributed by atoms with Crippen LogP contribution in [0.2, 0.25) is 0 Å². The number of rotatable bonds is 14. The largest absolute Gasteiger partial charge is 0.354 e. The third-order valence-corrected chi connectivity index (χ3v) is 7.48. The molecule has 0 spiro atoms. The van der Waals surface area contributed by atoms with E-state index in [1.165, 1.54) is 10.6 Å². The molecule has 0 heterocycles. The summed E-state index contributed by atoms with van der Waals surface area (Å²) in [6.07, 6.45) is 3.02. The number of anilines is 1. The summed E-state index contributed by atoms with van der Waals surface area (Å²) in [5.74, 6) is -0.0236. The number of nitrogens with one attached hydrogen (secondary N) is 1. The number of hydrogen-bond donors (Lipinski definition) is 1. The van der Waals surface area contributed by atoms with Crippen LogP contribution >= 0.6 is 0 Å². The van der Waals surface area contributed by atoms with Crippen molar-refractivity contribution in [2.75, 3.05) is 23.7 Å². The average molecular weight is 530 g/mol. The molecule has 204 valence electrons. The van der Waals surface area contributed by atoms with Gasteiger partial charge in [-0.25, -0.2) is 8.42 Å². The van der Waals surface area contributed by atoms with Crippen LogP contribution in [0.1, 0.15) is 63.6 Å². The Morgan fingerprint density at radius 3 is 2.22 bits per heavy atom. The quantitative estimate of drug-likeness (QED) is 0.385. The average Bonchev–Trinajstić information content (AvgIpc) is 2.84. The van der Waals surface area contributed by atoms with Gasteiger partial charge in [0.25, 0.3) is 0 Å². The summed E-state index contributed by atoms with van der Waals surface area (Å²) in [6.45, 7) is 11.1. The molecule has 0 bridgehead atoms. The van der Waals surface area contributed by atoms with E-state index in [0.717, 1.165) is 23.1 Å². The number of sulfonamides is 1. The lowest BCUT2D eigenvalue weighted by Gasteiger charge is -2.31. The fourth-order valence-electron chi connectivity index (χ4n) is 4.25. The van der Waals surface area contributed by atoms with Crippen LogP contribution in [-0.2, 0) is 32.6 Å². The second kappa shape index (κ2) is 14.2. The van der Waals surface area contributed by atoms with E-state index in [9.17, 15) is 18.0 Å². The minimum absolute atomic E-state index is 0.138. The van der Waals surface area contributed by atoms with Crippen molar-refractivity contribution in [3.8, 4) is 0 Å². The number of aryl methyl sites for hydroxylation is 2. The van der Waals surface area contributed by atoms with E-state index in [1.807, 2.05) is 71.0 Å². The minimum Gasteiger partial charge on any atom is -0.354 e. The monoisotopic (exact) mass is 529 g/mol. The molecule has 2 amide bonds. The SMILES string of the molecule is CCc1ccc(N(CCCC(=O)N(Cc2cccc(C)c2)[C@H](CC)C(=O)NCC(C)C)S(C)(=O)=O)cc1. The van der Waals surface area contributed by atoms with Crippen molar-refractivity contribution >= 4 is 27.5 Å². The molecular weight excluding hydrogens is 486 g/mol. The van der Waals surface area contributed by atoms with Gasteiger partial charge in [0.15, 0.2) is 0 Å². The Hall–Kier alpha value is -2.87. The molecule has 0 aliphatic carbocycles. The number of carbonyl (C=O) groups excluding carboxylic acids is 2. The molecule has 0 aliphatic rings. The number of amides is 2. The van der Waals surface area contributed by atoms with Gasteiger partial charge in [0.2, 0.25) is 21.8 Å². The van der Waals surface area contributed by atoms with Crippen molar-refractivity contribution in [1.29, 1.82) is 0 Å². The van der Waals surface area contributed by atoms with E-state index in [2.05, 4.69) is 5.32 Å². The number of carbonyl (C=O) groups is 2. The summed E-state index contributed by atoms with van der Waals surface area (Å²) in [7, 11) is -3.51. The summed E-state index contributed by atoms with van der Waals surface area (Å²) in [6, 6.07) is 14.8. The fourth-order valence-corrected chi connectivity index (χ4v) is 5.22. The second-order valence-corrected chi connectivity index (χ2v) is 11.9. The molecule has 0 aliphatic heterocycles. The molecule has 0 saturated carbocycles. The second-order valence-electron chi connectivity index (χ2n) is 10.0. The van der Waals surface area contributed by atoms with E-state index in [0.29, 0.717) is 37.5 Å². The van der Waals surface area contributed by atoms with Gasteiger partial charge in [-0.15, -0.1) is 0 Å². The molecule has 37 heavy (non-hydrogen) atoms. The van der Waals surface area contributed by atoms with Gasteiger partial charge in [0.05, 0.1) is 11.9 Å². The van der Waals surface area contributed by atoms with Crippen LogP contribution in [-0.4, -0.2) is 50.5 Å². The van der Waals surface area contributed by atoms with Crippen LogP contribution < -0.4 is 9.62 Å². The Kier molecular flexibility index (Phi) is 11.6. The van der Waals surface area contributed by atoms with E-state index in [-0.39, 0.29) is 24.8 Å². The molecule has 1 N–H and O–H groups in total. The molecule has 0 saturated heterocycles. The molecule has 2 aromatic rings. The highest BCUT2D eigenvalue weighted by Crippen LogP contribution is 2.21. The molecular formula is C29H43N3O4S. The van der Waals surface area contributed by atoms with E-state index in [1.54, 1.807) is 17.0 Å². The smallest absolute Gasteiger partial charge is 0.242 e. The molecule has 7 nitrogen and oxygen atoms in total. The maximum absolute atomic E-state index is 13.5. The minimum atomic E-state index is -3.51. The Bertz CT molecular complexity index is 1130. The van der Waals surface area contributed by atoms with Crippen molar-refractivity contribution in [1.82, 2.24) is 10.2 Å². The van der Waals surface area contributed by atoms with Crippen molar-refractivity contribution in [2.45, 2.75) is 72.9 Å². The van der Waals surface area contributed by atoms with Crippen LogP contribution in [0.3, 0.4) is 0 Å². The summed E-state index contributed by atoms with van der Waals surface area (Å²) in [5.41, 5.74) is 3.75. The van der Waals surface area contributed by atoms with Gasteiger partial charge in [-0.2, -0.15) is 0 Å². The van der Waals surface area contributed by atoms with Gasteiger partial charge < -0.3 is 10.2 Å². The molecule has 1 atom stereocenters. The van der Waals surface area contributed by atoms with Crippen molar-refractivity contribution in [2.24, 2.45) is 5.92 Å². The summed E-state index contributed by atoms with van der Waals surface area (Å²) in [4.78, 5) is 28.2. The number of benzene rings is 2. The Morgan fingerprint density at radius 1 is 1.00 bits per heavy atom. The Morgan fingerprint density at radius 2 is 1.68 bits per heavy atom. The van der Waals surface area contributed by atoms with Gasteiger partial charge >= 0.3 is 0 Å². The predicted molar refractivity (Wildman–Crippen MR) is 151 cm³/mol. The summed E-state index contributed by atoms with van der Waals surface area (Å²) in [5, 5.41) is 2.97. The zero-order valence-corrected chi connectivity index (χ0v) is 24.0. The first kappa shape index (κ1) is 30.4. The molecule has 0 aromatic heterocycles. The zero-order valence-electron chi connectivity index (χ0n) is 23.2. The molecule has 8 heteroatoms. The third-order valence-electron chi connectivity index (χ3n) is 6.29.